The minimum absolute atomic E-state index is 0.0669. The van der Waals surface area contributed by atoms with Crippen molar-refractivity contribution in [2.75, 3.05) is 36.2 Å². The number of para-hydroxylation sites is 1. The maximum Gasteiger partial charge on any atom is 0.411 e. The molecule has 6 atom stereocenters. The molecular weight excluding hydrogens is 1150 g/mol. The SMILES string of the molecule is CN[C@@H](C(=O)N[C@H](C(=O)N(C)[C@H](/C=C(\C)C(=O)O)C(C)C)C(C)(C)C)C(C)(C)c1cn(C)c2cc(NC(=O)OCc3ccc(NC(=O)[C@H](CCCNC(N)=O)NC(=O)[C@@H](NC(=O)CCC(O)N4Cc5ccccc5/C=C\c5ccccc54)C(C)C)cc3)ccc12. The number of nitrogens with two attached hydrogens (primary N) is 1. The van der Waals surface area contributed by atoms with Gasteiger partial charge in [-0.1, -0.05) is 141 Å². The number of carbonyl (C=O) groups is 8. The molecule has 22 heteroatoms. The van der Waals surface area contributed by atoms with Gasteiger partial charge in [0, 0.05) is 79.7 Å². The number of hydrogen-bond acceptors (Lipinski definition) is 12. The first-order valence-corrected chi connectivity index (χ1v) is 30.4. The molecule has 0 saturated carbocycles. The van der Waals surface area contributed by atoms with Crippen LogP contribution in [0, 0.1) is 17.3 Å². The van der Waals surface area contributed by atoms with Crippen LogP contribution >= 0.6 is 0 Å². The van der Waals surface area contributed by atoms with Crippen LogP contribution < -0.4 is 47.9 Å². The number of amides is 8. The fourth-order valence-electron chi connectivity index (χ4n) is 11.2. The summed E-state index contributed by atoms with van der Waals surface area (Å²) in [4.78, 5) is 110. The number of aryl methyl sites for hydroxylation is 1. The molecule has 11 N–H and O–H groups in total. The molecule has 1 unspecified atom stereocenters. The quantitative estimate of drug-likeness (QED) is 0.0176. The fourth-order valence-corrected chi connectivity index (χ4v) is 11.2. The minimum atomic E-state index is -1.10. The number of nitrogens with one attached hydrogen (secondary N) is 7. The molecule has 1 aliphatic rings. The first-order chi connectivity index (χ1) is 42.4. The van der Waals surface area contributed by atoms with Gasteiger partial charge in [0.05, 0.1) is 17.6 Å². The highest BCUT2D eigenvalue weighted by molar-refractivity contribution is 5.99. The third kappa shape index (κ3) is 18.3. The molecule has 0 saturated heterocycles. The summed E-state index contributed by atoms with van der Waals surface area (Å²) in [5, 5.41) is 42.0. The lowest BCUT2D eigenvalue weighted by molar-refractivity contribution is -0.141. The maximum absolute atomic E-state index is 14.4. The smallest absolute Gasteiger partial charge is 0.411 e. The van der Waals surface area contributed by atoms with Crippen molar-refractivity contribution in [2.45, 2.75) is 150 Å². The summed E-state index contributed by atoms with van der Waals surface area (Å²) in [5.41, 5.74) is 10.6. The lowest BCUT2D eigenvalue weighted by Gasteiger charge is -2.39. The van der Waals surface area contributed by atoms with Gasteiger partial charge in [-0.25, -0.2) is 14.4 Å². The number of carboxylic acid groups (broad SMARTS) is 1. The number of anilines is 3. The number of hydrogen-bond donors (Lipinski definition) is 10. The van der Waals surface area contributed by atoms with Crippen molar-refractivity contribution in [2.24, 2.45) is 30.0 Å². The summed E-state index contributed by atoms with van der Waals surface area (Å²) in [7, 11) is 5.16. The van der Waals surface area contributed by atoms with Crippen LogP contribution in [0.1, 0.15) is 123 Å². The Kier molecular flexibility index (Phi) is 24.1. The molecule has 0 aliphatic carbocycles. The van der Waals surface area contributed by atoms with Crippen LogP contribution in [0.15, 0.2) is 109 Å². The number of carbonyl (C=O) groups excluding carboxylic acids is 7. The summed E-state index contributed by atoms with van der Waals surface area (Å²) < 4.78 is 7.49. The molecular formula is C68H91N11O11. The Morgan fingerprint density at radius 3 is 2.04 bits per heavy atom. The largest absolute Gasteiger partial charge is 0.478 e. The average molecular weight is 1240 g/mol. The Labute approximate surface area is 527 Å². The summed E-state index contributed by atoms with van der Waals surface area (Å²) in [6, 6.07) is 22.4. The van der Waals surface area contributed by atoms with Gasteiger partial charge in [0.2, 0.25) is 29.5 Å². The van der Waals surface area contributed by atoms with Crippen molar-refractivity contribution < 1.29 is 53.3 Å². The van der Waals surface area contributed by atoms with Crippen molar-refractivity contribution in [3.05, 3.63) is 137 Å². The normalized spacial score (nSPS) is 14.9. The summed E-state index contributed by atoms with van der Waals surface area (Å²) in [5.74, 6) is -3.97. The van der Waals surface area contributed by atoms with Crippen molar-refractivity contribution in [3.8, 4) is 0 Å². The van der Waals surface area contributed by atoms with Crippen LogP contribution in [0.4, 0.5) is 26.7 Å². The van der Waals surface area contributed by atoms with E-state index in [9.17, 15) is 48.6 Å². The first kappa shape index (κ1) is 70.1. The van der Waals surface area contributed by atoms with E-state index in [-0.39, 0.29) is 56.2 Å². The molecule has 484 valence electrons. The molecule has 22 nitrogen and oxygen atoms in total. The number of likely N-dealkylation sites (N-methyl/N-ethyl adjacent to an activating group) is 2. The average Bonchev–Trinajstić information content (AvgIpc) is 1.57. The molecule has 6 rings (SSSR count). The second-order valence-electron chi connectivity index (χ2n) is 25.4. The van der Waals surface area contributed by atoms with E-state index in [1.807, 2.05) is 138 Å². The van der Waals surface area contributed by atoms with Gasteiger partial charge in [0.15, 0.2) is 0 Å². The van der Waals surface area contributed by atoms with Gasteiger partial charge in [0.25, 0.3) is 0 Å². The van der Waals surface area contributed by atoms with Crippen LogP contribution in [0.5, 0.6) is 0 Å². The number of carboxylic acids is 1. The number of aromatic nitrogens is 1. The predicted molar refractivity (Wildman–Crippen MR) is 351 cm³/mol. The third-order valence-electron chi connectivity index (χ3n) is 16.4. The Bertz CT molecular complexity index is 3460. The number of rotatable bonds is 27. The zero-order valence-electron chi connectivity index (χ0n) is 54.0. The number of fused-ring (bicyclic) bond motifs is 3. The van der Waals surface area contributed by atoms with Crippen LogP contribution in [0.25, 0.3) is 23.1 Å². The molecule has 0 bridgehead atoms. The second-order valence-corrected chi connectivity index (χ2v) is 25.4. The predicted octanol–water partition coefficient (Wildman–Crippen LogP) is 8.14. The standard InChI is InChI=1S/C68H91N11O11/c1-40(2)53(35-42(5)64(86)87)78(13)63(85)59(67(6,7)8)76-62(84)58(70-11)68(9,10)50-38-77(12)54-36-48(30-31-49(50)54)73-66(89)90-39-43-24-28-47(29-25-43)72-60(82)51(22-18-34-71-65(69)88)74-61(83)57(41(3)4)75-55(80)32-33-56(81)79-37-46-21-15-14-19-44(46)26-27-45-20-16-17-23-52(45)79/h14-17,19-21,23-31,35-36,38,40-41,51,53,56-59,70,81H,18,22,32-34,37,39H2,1-13H3,(H,72,82)(H,73,89)(H,74,83)(H,75,80)(H,76,84)(H,86,87)(H3,69,71,88)/b27-26-,42-35+/t51-,53+,56?,57-,58-,59+/m0/s1. The van der Waals surface area contributed by atoms with E-state index in [1.54, 1.807) is 70.4 Å². The molecule has 5 aromatic rings. The van der Waals surface area contributed by atoms with Gasteiger partial charge >= 0.3 is 18.1 Å². The van der Waals surface area contributed by atoms with E-state index >= 15 is 0 Å². The Morgan fingerprint density at radius 1 is 0.767 bits per heavy atom. The van der Waals surface area contributed by atoms with Crippen LogP contribution in [-0.4, -0.2) is 124 Å². The van der Waals surface area contributed by atoms with Gasteiger partial charge < -0.3 is 67.0 Å². The second kappa shape index (κ2) is 30.9. The van der Waals surface area contributed by atoms with Crippen LogP contribution in [0.2, 0.25) is 0 Å². The Balaban J connectivity index is 1.05. The Morgan fingerprint density at radius 2 is 1.41 bits per heavy atom. The molecule has 8 amide bonds. The Hall–Kier alpha value is -9.02. The van der Waals surface area contributed by atoms with Gasteiger partial charge in [-0.15, -0.1) is 0 Å². The monoisotopic (exact) mass is 1240 g/mol. The number of primary amides is 1. The molecule has 0 spiro atoms. The molecule has 90 heavy (non-hydrogen) atoms. The van der Waals surface area contributed by atoms with E-state index in [0.717, 1.165) is 38.8 Å². The van der Waals surface area contributed by atoms with Crippen molar-refractivity contribution >= 4 is 87.7 Å². The number of aliphatic hydroxyl groups is 1. The van der Waals surface area contributed by atoms with Gasteiger partial charge in [-0.3, -0.25) is 29.3 Å². The first-order valence-electron chi connectivity index (χ1n) is 30.4. The minimum Gasteiger partial charge on any atom is -0.478 e. The van der Waals surface area contributed by atoms with Gasteiger partial charge in [-0.2, -0.15) is 0 Å². The van der Waals surface area contributed by atoms with E-state index in [4.69, 9.17) is 10.5 Å². The number of aliphatic hydroxyl groups excluding tert-OH is 1. The van der Waals surface area contributed by atoms with Gasteiger partial charge in [0.1, 0.15) is 31.0 Å². The summed E-state index contributed by atoms with van der Waals surface area (Å²) in [6.45, 7) is 18.7. The number of nitrogens with zero attached hydrogens (tertiary/aromatic N) is 3. The van der Waals surface area contributed by atoms with E-state index in [2.05, 4.69) is 37.2 Å². The number of benzene rings is 4. The van der Waals surface area contributed by atoms with E-state index in [1.165, 1.54) is 11.8 Å². The lowest BCUT2D eigenvalue weighted by atomic mass is 9.76. The molecule has 1 aromatic heterocycles. The molecule has 4 aromatic carbocycles. The third-order valence-corrected chi connectivity index (χ3v) is 16.4. The summed E-state index contributed by atoms with van der Waals surface area (Å²) >= 11 is 0. The maximum atomic E-state index is 14.4. The number of ether oxygens (including phenoxy) is 1. The highest BCUT2D eigenvalue weighted by Gasteiger charge is 2.43. The van der Waals surface area contributed by atoms with E-state index < -0.39 is 94.9 Å². The fraction of sp³-hybridized carbons (Fsp3) is 0.441. The molecule has 0 radical (unpaired) electrons. The highest BCUT2D eigenvalue weighted by Crippen LogP contribution is 2.37. The zero-order chi connectivity index (χ0) is 66.4. The van der Waals surface area contributed by atoms with Crippen molar-refractivity contribution in [1.29, 1.82) is 0 Å². The van der Waals surface area contributed by atoms with Crippen LogP contribution in [0.3, 0.4) is 0 Å². The molecule has 0 fully saturated rings. The lowest BCUT2D eigenvalue weighted by Crippen LogP contribution is -2.61. The van der Waals surface area contributed by atoms with Gasteiger partial charge in [-0.05, 0) is 102 Å². The number of urea groups is 1. The topological polar surface area (TPSA) is 308 Å². The zero-order valence-corrected chi connectivity index (χ0v) is 54.0. The van der Waals surface area contributed by atoms with E-state index in [0.29, 0.717) is 23.5 Å². The van der Waals surface area contributed by atoms with Crippen molar-refractivity contribution in [1.82, 2.24) is 36.1 Å². The highest BCUT2D eigenvalue weighted by atomic mass is 16.5. The summed E-state index contributed by atoms with van der Waals surface area (Å²) in [6.07, 6.45) is 6.12. The molecule has 1 aliphatic heterocycles. The van der Waals surface area contributed by atoms with Crippen molar-refractivity contribution in [3.63, 3.8) is 0 Å². The molecule has 2 heterocycles. The van der Waals surface area contributed by atoms with Crippen LogP contribution in [-0.2, 0) is 59.1 Å². The number of aliphatic carboxylic acids is 1.